The van der Waals surface area contributed by atoms with Crippen molar-refractivity contribution in [3.8, 4) is 17.1 Å². The maximum Gasteiger partial charge on any atom is 0.271 e. The first-order chi connectivity index (χ1) is 15.5. The average Bonchev–Trinajstić information content (AvgIpc) is 2.82. The highest BCUT2D eigenvalue weighted by Gasteiger charge is 2.20. The molecule has 0 radical (unpaired) electrons. The van der Waals surface area contributed by atoms with Gasteiger partial charge in [0.2, 0.25) is 5.43 Å². The number of hydrogen-bond acceptors (Lipinski definition) is 5. The molecule has 0 spiro atoms. The van der Waals surface area contributed by atoms with Crippen LogP contribution >= 0.6 is 0 Å². The minimum absolute atomic E-state index is 0.0132. The van der Waals surface area contributed by atoms with Crippen LogP contribution in [0.5, 0.6) is 0 Å². The van der Waals surface area contributed by atoms with Gasteiger partial charge < -0.3 is 4.57 Å². The molecule has 0 aliphatic carbocycles. The van der Waals surface area contributed by atoms with Gasteiger partial charge in [0.05, 0.1) is 16.1 Å². The number of hydrogen-bond donors (Lipinski definition) is 0. The van der Waals surface area contributed by atoms with E-state index in [1.165, 1.54) is 16.7 Å². The van der Waals surface area contributed by atoms with E-state index in [0.717, 1.165) is 0 Å². The van der Waals surface area contributed by atoms with Crippen molar-refractivity contribution >= 4 is 27.6 Å². The summed E-state index contributed by atoms with van der Waals surface area (Å²) in [4.78, 5) is 42.3. The average molecular weight is 424 g/mol. The minimum atomic E-state index is -0.499. The summed E-state index contributed by atoms with van der Waals surface area (Å²) < 4.78 is 3.09. The highest BCUT2D eigenvalue weighted by molar-refractivity contribution is 5.92. The van der Waals surface area contributed by atoms with E-state index < -0.39 is 10.5 Å². The summed E-state index contributed by atoms with van der Waals surface area (Å²) >= 11 is 0. The number of aromatic nitrogens is 3. The molecule has 156 valence electrons. The molecular weight excluding hydrogens is 408 g/mol. The number of fused-ring (bicyclic) bond motifs is 2. The highest BCUT2D eigenvalue weighted by Crippen LogP contribution is 2.25. The van der Waals surface area contributed by atoms with E-state index in [1.54, 1.807) is 66.2 Å². The van der Waals surface area contributed by atoms with E-state index in [-0.39, 0.29) is 28.0 Å². The lowest BCUT2D eigenvalue weighted by molar-refractivity contribution is -0.384. The summed E-state index contributed by atoms with van der Waals surface area (Å²) in [5, 5.41) is 11.5. The smallest absolute Gasteiger partial charge is 0.271 e. The maximum atomic E-state index is 13.7. The Morgan fingerprint density at radius 3 is 2.22 bits per heavy atom. The maximum absolute atomic E-state index is 13.7. The molecule has 2 aromatic heterocycles. The van der Waals surface area contributed by atoms with Crippen LogP contribution in [-0.4, -0.2) is 19.0 Å². The van der Waals surface area contributed by atoms with Gasteiger partial charge in [0.25, 0.3) is 11.2 Å². The Balaban J connectivity index is 1.95. The molecule has 0 fully saturated rings. The highest BCUT2D eigenvalue weighted by atomic mass is 16.6. The number of nitrogens with zero attached hydrogens (tertiary/aromatic N) is 4. The number of benzene rings is 3. The number of nitro benzene ring substituents is 1. The molecule has 0 atom stereocenters. The van der Waals surface area contributed by atoms with E-state index in [4.69, 9.17) is 4.98 Å². The number of nitro groups is 1. The fraction of sp³-hybridized carbons (Fsp3) is 0.0417. The van der Waals surface area contributed by atoms with Crippen molar-refractivity contribution in [1.82, 2.24) is 14.1 Å². The lowest BCUT2D eigenvalue weighted by Gasteiger charge is -2.16. The summed E-state index contributed by atoms with van der Waals surface area (Å²) in [6, 6.07) is 21.7. The fourth-order valence-electron chi connectivity index (χ4n) is 3.90. The second-order valence-electron chi connectivity index (χ2n) is 7.32. The van der Waals surface area contributed by atoms with Crippen LogP contribution in [0.3, 0.4) is 0 Å². The Morgan fingerprint density at radius 1 is 0.875 bits per heavy atom. The molecule has 8 heteroatoms. The second-order valence-corrected chi connectivity index (χ2v) is 7.32. The molecule has 0 amide bonds. The molecule has 2 heterocycles. The van der Waals surface area contributed by atoms with Crippen LogP contribution in [0.1, 0.15) is 0 Å². The molecule has 0 N–H and O–H groups in total. The van der Waals surface area contributed by atoms with Gasteiger partial charge in [0.1, 0.15) is 11.2 Å². The van der Waals surface area contributed by atoms with Crippen molar-refractivity contribution in [2.75, 3.05) is 0 Å². The Hall–Kier alpha value is -4.59. The third kappa shape index (κ3) is 2.89. The number of pyridine rings is 1. The van der Waals surface area contributed by atoms with Crippen LogP contribution in [0.2, 0.25) is 0 Å². The van der Waals surface area contributed by atoms with E-state index in [1.807, 2.05) is 12.1 Å². The lowest BCUT2D eigenvalue weighted by Crippen LogP contribution is -2.28. The molecular formula is C24H16N4O4. The van der Waals surface area contributed by atoms with Gasteiger partial charge in [0, 0.05) is 30.1 Å². The van der Waals surface area contributed by atoms with Gasteiger partial charge >= 0.3 is 0 Å². The number of rotatable bonds is 3. The van der Waals surface area contributed by atoms with E-state index in [0.29, 0.717) is 22.2 Å². The first-order valence-electron chi connectivity index (χ1n) is 9.82. The van der Waals surface area contributed by atoms with Gasteiger partial charge in [-0.3, -0.25) is 24.3 Å². The summed E-state index contributed by atoms with van der Waals surface area (Å²) in [6.45, 7) is 0. The third-order valence-corrected chi connectivity index (χ3v) is 5.47. The summed E-state index contributed by atoms with van der Waals surface area (Å²) in [6.07, 6.45) is 0. The van der Waals surface area contributed by atoms with E-state index >= 15 is 0 Å². The first-order valence-corrected chi connectivity index (χ1v) is 9.82. The lowest BCUT2D eigenvalue weighted by atomic mass is 10.1. The molecule has 32 heavy (non-hydrogen) atoms. The minimum Gasteiger partial charge on any atom is -0.328 e. The summed E-state index contributed by atoms with van der Waals surface area (Å²) in [5.41, 5.74) is 1.01. The van der Waals surface area contributed by atoms with Gasteiger partial charge in [-0.1, -0.05) is 30.3 Å². The molecule has 0 aliphatic rings. The molecule has 3 aromatic carbocycles. The van der Waals surface area contributed by atoms with Crippen molar-refractivity contribution in [3.05, 3.63) is 110 Å². The zero-order valence-corrected chi connectivity index (χ0v) is 16.9. The molecule has 5 aromatic rings. The predicted octanol–water partition coefficient (Wildman–Crippen LogP) is 3.81. The topological polar surface area (TPSA) is 100 Å². The van der Waals surface area contributed by atoms with Crippen molar-refractivity contribution < 1.29 is 4.92 Å². The molecule has 0 saturated heterocycles. The monoisotopic (exact) mass is 424 g/mol. The Labute approximate surface area is 180 Å². The van der Waals surface area contributed by atoms with E-state index in [2.05, 4.69) is 0 Å². The largest absolute Gasteiger partial charge is 0.328 e. The van der Waals surface area contributed by atoms with Crippen LogP contribution in [0.25, 0.3) is 39.0 Å². The quantitative estimate of drug-likeness (QED) is 0.249. The first kappa shape index (κ1) is 19.4. The molecule has 0 unspecified atom stereocenters. The van der Waals surface area contributed by atoms with Crippen LogP contribution in [0, 0.1) is 10.1 Å². The summed E-state index contributed by atoms with van der Waals surface area (Å²) in [5.74, 6) is 0.286. The van der Waals surface area contributed by atoms with Gasteiger partial charge in [-0.15, -0.1) is 0 Å². The Morgan fingerprint density at radius 2 is 1.53 bits per heavy atom. The fourth-order valence-corrected chi connectivity index (χ4v) is 3.90. The van der Waals surface area contributed by atoms with Crippen LogP contribution in [0.15, 0.2) is 88.5 Å². The normalized spacial score (nSPS) is 11.2. The number of aryl methyl sites for hydroxylation is 1. The van der Waals surface area contributed by atoms with E-state index in [9.17, 15) is 19.7 Å². The molecule has 0 aliphatic heterocycles. The van der Waals surface area contributed by atoms with Crippen LogP contribution in [-0.2, 0) is 7.05 Å². The number of para-hydroxylation sites is 2. The number of non-ortho nitro benzene ring substituents is 1. The van der Waals surface area contributed by atoms with Crippen molar-refractivity contribution in [1.29, 1.82) is 0 Å². The van der Waals surface area contributed by atoms with Crippen LogP contribution in [0.4, 0.5) is 5.69 Å². The van der Waals surface area contributed by atoms with Gasteiger partial charge in [-0.05, 0) is 36.4 Å². The van der Waals surface area contributed by atoms with Crippen molar-refractivity contribution in [2.45, 2.75) is 0 Å². The standard InChI is InChI=1S/C24H16N4O4/c1-26-19-10-6-5-9-18(19)21(29)20-23(26)25-22(15-11-13-17(14-12-15)28(31)32)27(24(20)30)16-7-3-2-4-8-16/h2-14H,1H3. The van der Waals surface area contributed by atoms with Crippen molar-refractivity contribution in [3.63, 3.8) is 0 Å². The zero-order chi connectivity index (χ0) is 22.4. The molecule has 0 saturated carbocycles. The predicted molar refractivity (Wildman–Crippen MR) is 122 cm³/mol. The molecule has 5 rings (SSSR count). The summed E-state index contributed by atoms with van der Waals surface area (Å²) in [7, 11) is 1.75. The van der Waals surface area contributed by atoms with Gasteiger partial charge in [0.15, 0.2) is 5.65 Å². The van der Waals surface area contributed by atoms with Crippen LogP contribution < -0.4 is 11.0 Å². The zero-order valence-electron chi connectivity index (χ0n) is 16.9. The Bertz CT molecular complexity index is 1640. The van der Waals surface area contributed by atoms with Crippen molar-refractivity contribution in [2.24, 2.45) is 7.05 Å². The molecule has 8 nitrogen and oxygen atoms in total. The second kappa shape index (κ2) is 7.28. The van der Waals surface area contributed by atoms with Gasteiger partial charge in [-0.2, -0.15) is 0 Å². The SMILES string of the molecule is Cn1c2ccccc2c(=O)c2c(=O)n(-c3ccccc3)c(-c3ccc([N+](=O)[O-])cc3)nc21. The third-order valence-electron chi connectivity index (χ3n) is 5.47. The van der Waals surface area contributed by atoms with Gasteiger partial charge in [-0.25, -0.2) is 4.98 Å². The Kier molecular flexibility index (Phi) is 4.41. The molecule has 0 bridgehead atoms.